The fourth-order valence-corrected chi connectivity index (χ4v) is 1.46. The van der Waals surface area contributed by atoms with Gasteiger partial charge in [0.05, 0.1) is 10.4 Å². The van der Waals surface area contributed by atoms with Crippen molar-refractivity contribution in [1.29, 1.82) is 0 Å². The Hall–Kier alpha value is -0.630. The number of aromatic nitrogens is 1. The second-order valence-electron chi connectivity index (χ2n) is 2.58. The highest BCUT2D eigenvalue weighted by Gasteiger charge is 2.01. The van der Waals surface area contributed by atoms with E-state index in [-0.39, 0.29) is 0 Å². The quantitative estimate of drug-likeness (QED) is 0.588. The van der Waals surface area contributed by atoms with Crippen LogP contribution in [0.2, 0.25) is 0 Å². The first kappa shape index (κ1) is 7.48. The predicted octanol–water partition coefficient (Wildman–Crippen LogP) is 1.09. The van der Waals surface area contributed by atoms with Crippen LogP contribution in [0.15, 0.2) is 0 Å². The number of hydrogen-bond acceptors (Lipinski definition) is 2. The van der Waals surface area contributed by atoms with Gasteiger partial charge >= 0.3 is 0 Å². The lowest BCUT2D eigenvalue weighted by Gasteiger charge is -1.94. The largest absolute Gasteiger partial charge is 0.242 e. The van der Waals surface area contributed by atoms with Crippen LogP contribution < -0.4 is 9.88 Å². The molecule has 0 spiro atoms. The van der Waals surface area contributed by atoms with E-state index in [1.165, 1.54) is 0 Å². The van der Waals surface area contributed by atoms with Crippen LogP contribution in [-0.4, -0.2) is 4.98 Å². The Morgan fingerprint density at radius 3 is 2.20 bits per heavy atom. The van der Waals surface area contributed by atoms with Crippen LogP contribution >= 0.6 is 11.3 Å². The van der Waals surface area contributed by atoms with Crippen molar-refractivity contribution >= 4 is 24.5 Å². The standard InChI is InChI=1S/C8H11NS/c1-5(2)8-9-6(3)7(4)10-8/h5H,3-4H2,1-2H3. The molecular formula is C8H11NS. The average Bonchev–Trinajstić information content (AvgIpc) is 2.13. The normalized spacial score (nSPS) is 10.7. The maximum absolute atomic E-state index is 4.25. The summed E-state index contributed by atoms with van der Waals surface area (Å²) in [7, 11) is 0. The summed E-state index contributed by atoms with van der Waals surface area (Å²) in [4.78, 5) is 4.25. The van der Waals surface area contributed by atoms with Crippen molar-refractivity contribution in [2.45, 2.75) is 19.8 Å². The molecule has 0 aliphatic heterocycles. The molecule has 1 aromatic heterocycles. The Bertz CT molecular complexity index is 283. The summed E-state index contributed by atoms with van der Waals surface area (Å²) < 4.78 is 0.990. The first-order valence-electron chi connectivity index (χ1n) is 3.26. The molecule has 2 heteroatoms. The highest BCUT2D eigenvalue weighted by molar-refractivity contribution is 7.09. The van der Waals surface area contributed by atoms with Gasteiger partial charge in [-0.05, 0) is 0 Å². The molecule has 0 N–H and O–H groups in total. The maximum atomic E-state index is 4.25. The molecule has 0 fully saturated rings. The molecule has 0 unspecified atom stereocenters. The van der Waals surface area contributed by atoms with Gasteiger partial charge in [-0.1, -0.05) is 27.0 Å². The second-order valence-corrected chi connectivity index (χ2v) is 3.69. The van der Waals surface area contributed by atoms with Crippen LogP contribution in [0, 0.1) is 0 Å². The summed E-state index contributed by atoms with van der Waals surface area (Å²) >= 11 is 1.64. The first-order valence-corrected chi connectivity index (χ1v) is 4.07. The lowest BCUT2D eigenvalue weighted by Crippen LogP contribution is -2.16. The van der Waals surface area contributed by atoms with Crippen molar-refractivity contribution in [2.75, 3.05) is 0 Å². The van der Waals surface area contributed by atoms with Crippen LogP contribution in [0.25, 0.3) is 13.2 Å². The Labute approximate surface area is 64.7 Å². The molecule has 0 bridgehead atoms. The van der Waals surface area contributed by atoms with Gasteiger partial charge in [0.1, 0.15) is 0 Å². The summed E-state index contributed by atoms with van der Waals surface area (Å²) in [6.45, 7) is 11.8. The third-order valence-corrected chi connectivity index (χ3v) is 2.54. The highest BCUT2D eigenvalue weighted by atomic mass is 32.1. The van der Waals surface area contributed by atoms with Crippen molar-refractivity contribution in [3.05, 3.63) is 14.9 Å². The molecule has 0 atom stereocenters. The number of rotatable bonds is 1. The molecule has 0 saturated heterocycles. The van der Waals surface area contributed by atoms with Crippen LogP contribution in [0.1, 0.15) is 24.8 Å². The molecular weight excluding hydrogens is 142 g/mol. The number of hydrogen-bond donors (Lipinski definition) is 0. The number of nitrogens with zero attached hydrogens (tertiary/aromatic N) is 1. The third-order valence-electron chi connectivity index (χ3n) is 1.29. The van der Waals surface area contributed by atoms with Crippen molar-refractivity contribution in [3.8, 4) is 0 Å². The topological polar surface area (TPSA) is 12.9 Å². The maximum Gasteiger partial charge on any atom is 0.0963 e. The van der Waals surface area contributed by atoms with Crippen LogP contribution in [0.4, 0.5) is 0 Å². The van der Waals surface area contributed by atoms with Crippen molar-refractivity contribution < 1.29 is 0 Å². The number of thiazole rings is 1. The van der Waals surface area contributed by atoms with E-state index < -0.39 is 0 Å². The van der Waals surface area contributed by atoms with E-state index >= 15 is 0 Å². The van der Waals surface area contributed by atoms with Gasteiger partial charge in [-0.2, -0.15) is 0 Å². The minimum absolute atomic E-state index is 0.501. The Morgan fingerprint density at radius 2 is 2.00 bits per heavy atom. The minimum atomic E-state index is 0.501. The molecule has 1 aromatic rings. The monoisotopic (exact) mass is 153 g/mol. The lowest BCUT2D eigenvalue weighted by atomic mass is 10.2. The van der Waals surface area contributed by atoms with E-state index in [4.69, 9.17) is 0 Å². The molecule has 0 aliphatic rings. The smallest absolute Gasteiger partial charge is 0.0963 e. The van der Waals surface area contributed by atoms with E-state index in [1.807, 2.05) is 0 Å². The molecule has 0 saturated carbocycles. The molecule has 0 aliphatic carbocycles. The summed E-state index contributed by atoms with van der Waals surface area (Å²) in [5.41, 5.74) is 0. The van der Waals surface area contributed by atoms with E-state index in [0.29, 0.717) is 5.92 Å². The summed E-state index contributed by atoms with van der Waals surface area (Å²) in [5.74, 6) is 0.501. The molecule has 1 rings (SSSR count). The van der Waals surface area contributed by atoms with Gasteiger partial charge in [0, 0.05) is 10.5 Å². The summed E-state index contributed by atoms with van der Waals surface area (Å²) in [5, 5.41) is 1.96. The van der Waals surface area contributed by atoms with Crippen molar-refractivity contribution in [3.63, 3.8) is 0 Å². The van der Waals surface area contributed by atoms with Gasteiger partial charge in [0.2, 0.25) is 0 Å². The molecule has 54 valence electrons. The third kappa shape index (κ3) is 1.27. The predicted molar refractivity (Wildman–Crippen MR) is 46.5 cm³/mol. The minimum Gasteiger partial charge on any atom is -0.242 e. The van der Waals surface area contributed by atoms with Gasteiger partial charge < -0.3 is 0 Å². The van der Waals surface area contributed by atoms with Crippen molar-refractivity contribution in [2.24, 2.45) is 0 Å². The van der Waals surface area contributed by atoms with E-state index in [0.717, 1.165) is 14.9 Å². The SMILES string of the molecule is C=c1nc(C(C)C)sc1=C. The zero-order valence-corrected chi connectivity index (χ0v) is 7.16. The highest BCUT2D eigenvalue weighted by Crippen LogP contribution is 2.10. The zero-order valence-electron chi connectivity index (χ0n) is 6.35. The van der Waals surface area contributed by atoms with Gasteiger partial charge in [0.15, 0.2) is 0 Å². The molecule has 0 amide bonds. The van der Waals surface area contributed by atoms with Crippen LogP contribution in [0.3, 0.4) is 0 Å². The van der Waals surface area contributed by atoms with Gasteiger partial charge in [-0.15, -0.1) is 11.3 Å². The Morgan fingerprint density at radius 1 is 1.40 bits per heavy atom. The van der Waals surface area contributed by atoms with Crippen LogP contribution in [-0.2, 0) is 0 Å². The Kier molecular flexibility index (Phi) is 1.90. The first-order chi connectivity index (χ1) is 4.61. The summed E-state index contributed by atoms with van der Waals surface area (Å²) in [6, 6.07) is 0. The fraction of sp³-hybridized carbons (Fsp3) is 0.375. The molecule has 0 aromatic carbocycles. The van der Waals surface area contributed by atoms with E-state index in [9.17, 15) is 0 Å². The van der Waals surface area contributed by atoms with Gasteiger partial charge in [0.25, 0.3) is 0 Å². The molecule has 0 radical (unpaired) electrons. The molecule has 1 heterocycles. The second kappa shape index (κ2) is 2.54. The lowest BCUT2D eigenvalue weighted by molar-refractivity contribution is 0.848. The summed E-state index contributed by atoms with van der Waals surface area (Å²) in [6.07, 6.45) is 0. The van der Waals surface area contributed by atoms with E-state index in [2.05, 4.69) is 32.0 Å². The van der Waals surface area contributed by atoms with Gasteiger partial charge in [-0.25, -0.2) is 4.98 Å². The molecule has 10 heavy (non-hydrogen) atoms. The zero-order chi connectivity index (χ0) is 7.72. The van der Waals surface area contributed by atoms with Crippen molar-refractivity contribution in [1.82, 2.24) is 4.98 Å². The van der Waals surface area contributed by atoms with E-state index in [1.54, 1.807) is 11.3 Å². The molecule has 1 nitrogen and oxygen atoms in total. The Balaban J connectivity index is 3.23. The van der Waals surface area contributed by atoms with Crippen LogP contribution in [0.5, 0.6) is 0 Å². The fourth-order valence-electron chi connectivity index (χ4n) is 0.650. The van der Waals surface area contributed by atoms with Gasteiger partial charge in [-0.3, -0.25) is 0 Å². The average molecular weight is 153 g/mol.